The number of benzene rings is 2. The first-order chi connectivity index (χ1) is 13.7. The van der Waals surface area contributed by atoms with Crippen molar-refractivity contribution in [2.24, 2.45) is 5.14 Å². The van der Waals surface area contributed by atoms with Gasteiger partial charge in [0.05, 0.1) is 19.1 Å². The Hall–Kier alpha value is -3.11. The van der Waals surface area contributed by atoms with Crippen LogP contribution >= 0.6 is 0 Å². The minimum atomic E-state index is -4.02. The highest BCUT2D eigenvalue weighted by Gasteiger charge is 2.23. The number of nitrogens with two attached hydrogens (primary N) is 1. The molecule has 2 aromatic rings. The van der Waals surface area contributed by atoms with Crippen molar-refractivity contribution < 1.29 is 32.2 Å². The molecule has 0 radical (unpaired) electrons. The maximum Gasteiger partial charge on any atom is 0.342 e. The Balaban J connectivity index is 2.04. The molecule has 9 nitrogen and oxygen atoms in total. The number of sulfonamides is 1. The Bertz CT molecular complexity index is 988. The van der Waals surface area contributed by atoms with Gasteiger partial charge in [-0.1, -0.05) is 12.1 Å². The van der Waals surface area contributed by atoms with Crippen molar-refractivity contribution in [1.82, 2.24) is 5.32 Å². The molecule has 3 N–H and O–H groups in total. The third-order valence-corrected chi connectivity index (χ3v) is 4.91. The molecule has 1 atom stereocenters. The second-order valence-electron chi connectivity index (χ2n) is 6.02. The monoisotopic (exact) mass is 422 g/mol. The van der Waals surface area contributed by atoms with E-state index in [0.717, 1.165) is 11.6 Å². The van der Waals surface area contributed by atoms with Crippen LogP contribution in [0.4, 0.5) is 0 Å². The molecule has 29 heavy (non-hydrogen) atoms. The SMILES string of the molecule is COc1ccc(CNC(=O)[C@@H](C)OC(=O)c2cc(S(N)(=O)=O)ccc2OC)cc1. The Morgan fingerprint density at radius 3 is 2.28 bits per heavy atom. The average molecular weight is 422 g/mol. The minimum Gasteiger partial charge on any atom is -0.497 e. The van der Waals surface area contributed by atoms with E-state index in [4.69, 9.17) is 19.3 Å². The first-order valence-corrected chi connectivity index (χ1v) is 10.0. The molecule has 0 saturated carbocycles. The Labute approximate surface area is 168 Å². The Morgan fingerprint density at radius 1 is 1.07 bits per heavy atom. The topological polar surface area (TPSA) is 134 Å². The zero-order valence-electron chi connectivity index (χ0n) is 16.2. The molecular weight excluding hydrogens is 400 g/mol. The molecule has 0 aliphatic rings. The van der Waals surface area contributed by atoms with Crippen LogP contribution in [0, 0.1) is 0 Å². The van der Waals surface area contributed by atoms with Crippen LogP contribution in [0.15, 0.2) is 47.4 Å². The van der Waals surface area contributed by atoms with Crippen molar-refractivity contribution in [2.45, 2.75) is 24.5 Å². The van der Waals surface area contributed by atoms with Gasteiger partial charge >= 0.3 is 5.97 Å². The predicted molar refractivity (Wildman–Crippen MR) is 104 cm³/mol. The van der Waals surface area contributed by atoms with Gasteiger partial charge in [-0.25, -0.2) is 18.4 Å². The molecule has 0 spiro atoms. The summed E-state index contributed by atoms with van der Waals surface area (Å²) in [5, 5.41) is 7.74. The molecule has 10 heteroatoms. The van der Waals surface area contributed by atoms with Gasteiger partial charge in [-0.2, -0.15) is 0 Å². The van der Waals surface area contributed by atoms with Crippen LogP contribution in [-0.4, -0.2) is 40.6 Å². The molecule has 2 rings (SSSR count). The van der Waals surface area contributed by atoms with Crippen LogP contribution in [0.5, 0.6) is 11.5 Å². The normalized spacial score (nSPS) is 12.0. The molecule has 0 aliphatic heterocycles. The molecule has 2 aromatic carbocycles. The average Bonchev–Trinajstić information content (AvgIpc) is 2.70. The van der Waals surface area contributed by atoms with E-state index < -0.39 is 28.0 Å². The van der Waals surface area contributed by atoms with E-state index in [9.17, 15) is 18.0 Å². The minimum absolute atomic E-state index is 0.0910. The molecule has 0 aliphatic carbocycles. The van der Waals surface area contributed by atoms with Crippen molar-refractivity contribution in [2.75, 3.05) is 14.2 Å². The van der Waals surface area contributed by atoms with E-state index in [1.165, 1.54) is 26.2 Å². The molecule has 156 valence electrons. The number of carbonyl (C=O) groups is 2. The fraction of sp³-hybridized carbons (Fsp3) is 0.263. The van der Waals surface area contributed by atoms with Crippen LogP contribution in [-0.2, 0) is 26.1 Å². The maximum absolute atomic E-state index is 12.4. The quantitative estimate of drug-likeness (QED) is 0.611. The van der Waals surface area contributed by atoms with Gasteiger partial charge in [-0.15, -0.1) is 0 Å². The molecule has 1 amide bonds. The number of hydrogen-bond donors (Lipinski definition) is 2. The van der Waals surface area contributed by atoms with Crippen LogP contribution in [0.1, 0.15) is 22.8 Å². The van der Waals surface area contributed by atoms with Crippen molar-refractivity contribution >= 4 is 21.9 Å². The number of carbonyl (C=O) groups excluding carboxylic acids is 2. The highest BCUT2D eigenvalue weighted by molar-refractivity contribution is 7.89. The number of primary sulfonamides is 1. The van der Waals surface area contributed by atoms with Crippen molar-refractivity contribution in [3.63, 3.8) is 0 Å². The molecule has 0 heterocycles. The third-order valence-electron chi connectivity index (χ3n) is 4.00. The predicted octanol–water partition coefficient (Wildman–Crippen LogP) is 1.21. The summed E-state index contributed by atoms with van der Waals surface area (Å²) in [4.78, 5) is 24.4. The van der Waals surface area contributed by atoms with E-state index in [1.54, 1.807) is 31.4 Å². The lowest BCUT2D eigenvalue weighted by atomic mass is 10.2. The first kappa shape index (κ1) is 22.2. The summed E-state index contributed by atoms with van der Waals surface area (Å²) in [6, 6.07) is 10.6. The van der Waals surface area contributed by atoms with Gasteiger partial charge in [0.2, 0.25) is 10.0 Å². The van der Waals surface area contributed by atoms with Gasteiger partial charge in [0.15, 0.2) is 6.10 Å². The molecular formula is C19H22N2O7S. The fourth-order valence-electron chi connectivity index (χ4n) is 2.38. The fourth-order valence-corrected chi connectivity index (χ4v) is 2.92. The zero-order chi connectivity index (χ0) is 21.6. The molecule has 0 unspecified atom stereocenters. The van der Waals surface area contributed by atoms with Gasteiger partial charge in [0, 0.05) is 6.54 Å². The van der Waals surface area contributed by atoms with Gasteiger partial charge in [-0.3, -0.25) is 4.79 Å². The van der Waals surface area contributed by atoms with Crippen LogP contribution in [0.3, 0.4) is 0 Å². The molecule has 0 saturated heterocycles. The van der Waals surface area contributed by atoms with Crippen molar-refractivity contribution in [3.05, 3.63) is 53.6 Å². The number of amides is 1. The summed E-state index contributed by atoms with van der Waals surface area (Å²) in [5.41, 5.74) is 0.675. The number of esters is 1. The zero-order valence-corrected chi connectivity index (χ0v) is 17.0. The van der Waals surface area contributed by atoms with E-state index >= 15 is 0 Å². The highest BCUT2D eigenvalue weighted by Crippen LogP contribution is 2.23. The Morgan fingerprint density at radius 2 is 1.72 bits per heavy atom. The van der Waals surface area contributed by atoms with E-state index in [2.05, 4.69) is 5.32 Å². The van der Waals surface area contributed by atoms with Gasteiger partial charge in [0.25, 0.3) is 5.91 Å². The number of ether oxygens (including phenoxy) is 3. The van der Waals surface area contributed by atoms with Crippen LogP contribution < -0.4 is 19.9 Å². The summed E-state index contributed by atoms with van der Waals surface area (Å²) >= 11 is 0. The number of methoxy groups -OCH3 is 2. The summed E-state index contributed by atoms with van der Waals surface area (Å²) < 4.78 is 38.3. The summed E-state index contributed by atoms with van der Waals surface area (Å²) in [6.07, 6.45) is -1.12. The van der Waals surface area contributed by atoms with E-state index in [0.29, 0.717) is 5.75 Å². The standard InChI is InChI=1S/C19H22N2O7S/c1-12(18(22)21-11-13-4-6-14(26-2)7-5-13)28-19(23)16-10-15(29(20,24)25)8-9-17(16)27-3/h4-10,12H,11H2,1-3H3,(H,21,22)(H2,20,24,25)/t12-/m1/s1. The molecule has 0 fully saturated rings. The van der Waals surface area contributed by atoms with Gasteiger partial charge in [0.1, 0.15) is 17.1 Å². The second-order valence-corrected chi connectivity index (χ2v) is 7.58. The maximum atomic E-state index is 12.4. The number of nitrogens with one attached hydrogen (secondary N) is 1. The summed E-state index contributed by atoms with van der Waals surface area (Å²) in [6.45, 7) is 1.63. The smallest absolute Gasteiger partial charge is 0.342 e. The van der Waals surface area contributed by atoms with E-state index in [-0.39, 0.29) is 22.8 Å². The summed E-state index contributed by atoms with van der Waals surface area (Å²) in [7, 11) is -1.16. The largest absolute Gasteiger partial charge is 0.497 e. The molecule has 0 bridgehead atoms. The van der Waals surface area contributed by atoms with Crippen LogP contribution in [0.2, 0.25) is 0 Å². The highest BCUT2D eigenvalue weighted by atomic mass is 32.2. The Kier molecular flexibility index (Phi) is 7.18. The lowest BCUT2D eigenvalue weighted by Crippen LogP contribution is -2.35. The number of hydrogen-bond acceptors (Lipinski definition) is 7. The van der Waals surface area contributed by atoms with Crippen LogP contribution in [0.25, 0.3) is 0 Å². The lowest BCUT2D eigenvalue weighted by Gasteiger charge is -2.15. The third kappa shape index (κ3) is 5.93. The van der Waals surface area contributed by atoms with E-state index in [1.807, 2.05) is 0 Å². The first-order valence-electron chi connectivity index (χ1n) is 8.48. The van der Waals surface area contributed by atoms with Crippen molar-refractivity contribution in [3.8, 4) is 11.5 Å². The lowest BCUT2D eigenvalue weighted by molar-refractivity contribution is -0.129. The van der Waals surface area contributed by atoms with Crippen molar-refractivity contribution in [1.29, 1.82) is 0 Å². The van der Waals surface area contributed by atoms with Gasteiger partial charge < -0.3 is 19.5 Å². The number of rotatable bonds is 8. The summed E-state index contributed by atoms with van der Waals surface area (Å²) in [5.74, 6) is -0.651. The molecule has 0 aromatic heterocycles. The van der Waals surface area contributed by atoms with Gasteiger partial charge in [-0.05, 0) is 42.8 Å². The second kappa shape index (κ2) is 9.39.